The summed E-state index contributed by atoms with van der Waals surface area (Å²) in [6, 6.07) is 1.93. The SMILES string of the molecule is Cc1nc(NCCO)cc(N(C)CCCC(C)C)n1. The Hall–Kier alpha value is -1.36. The molecule has 0 saturated heterocycles. The average Bonchev–Trinajstić information content (AvgIpc) is 2.35. The van der Waals surface area contributed by atoms with Gasteiger partial charge < -0.3 is 15.3 Å². The first-order chi connectivity index (χ1) is 9.02. The van der Waals surface area contributed by atoms with Crippen LogP contribution in [0.1, 0.15) is 32.5 Å². The number of aromatic nitrogens is 2. The topological polar surface area (TPSA) is 61.3 Å². The van der Waals surface area contributed by atoms with Gasteiger partial charge in [0.25, 0.3) is 0 Å². The van der Waals surface area contributed by atoms with E-state index in [0.29, 0.717) is 6.54 Å². The van der Waals surface area contributed by atoms with Crippen LogP contribution in [-0.4, -0.2) is 41.8 Å². The van der Waals surface area contributed by atoms with Gasteiger partial charge in [0.2, 0.25) is 0 Å². The molecule has 2 N–H and O–H groups in total. The van der Waals surface area contributed by atoms with E-state index < -0.39 is 0 Å². The van der Waals surface area contributed by atoms with E-state index in [1.54, 1.807) is 0 Å². The summed E-state index contributed by atoms with van der Waals surface area (Å²) in [5, 5.41) is 11.9. The molecule has 0 amide bonds. The van der Waals surface area contributed by atoms with Crippen LogP contribution in [0.5, 0.6) is 0 Å². The molecule has 1 rings (SSSR count). The molecule has 0 saturated carbocycles. The number of aliphatic hydroxyl groups is 1. The highest BCUT2D eigenvalue weighted by Crippen LogP contribution is 2.15. The first-order valence-electron chi connectivity index (χ1n) is 6.94. The summed E-state index contributed by atoms with van der Waals surface area (Å²) in [6.07, 6.45) is 2.39. The highest BCUT2D eigenvalue weighted by Gasteiger charge is 2.06. The fourth-order valence-corrected chi connectivity index (χ4v) is 1.87. The van der Waals surface area contributed by atoms with Crippen LogP contribution in [0.4, 0.5) is 11.6 Å². The largest absolute Gasteiger partial charge is 0.395 e. The molecule has 19 heavy (non-hydrogen) atoms. The molecule has 0 aromatic carbocycles. The van der Waals surface area contributed by atoms with Gasteiger partial charge in [-0.05, 0) is 25.7 Å². The summed E-state index contributed by atoms with van der Waals surface area (Å²) >= 11 is 0. The standard InChI is InChI=1S/C14H26N4O/c1-11(2)6-5-8-18(4)14-10-13(15-7-9-19)16-12(3)17-14/h10-11,19H,5-9H2,1-4H3,(H,15,16,17). The molecule has 0 unspecified atom stereocenters. The molecule has 5 nitrogen and oxygen atoms in total. The molecule has 0 aliphatic rings. The van der Waals surface area contributed by atoms with Crippen molar-refractivity contribution in [1.82, 2.24) is 9.97 Å². The molecule has 108 valence electrons. The van der Waals surface area contributed by atoms with Crippen LogP contribution in [-0.2, 0) is 0 Å². The van der Waals surface area contributed by atoms with Crippen LogP contribution >= 0.6 is 0 Å². The first kappa shape index (κ1) is 15.7. The minimum absolute atomic E-state index is 0.0998. The van der Waals surface area contributed by atoms with Crippen molar-refractivity contribution in [2.24, 2.45) is 5.92 Å². The van der Waals surface area contributed by atoms with Gasteiger partial charge >= 0.3 is 0 Å². The molecule has 0 fully saturated rings. The monoisotopic (exact) mass is 266 g/mol. The lowest BCUT2D eigenvalue weighted by Gasteiger charge is -2.19. The number of aryl methyl sites for hydroxylation is 1. The molecule has 5 heteroatoms. The summed E-state index contributed by atoms with van der Waals surface area (Å²) in [5.74, 6) is 3.18. The van der Waals surface area contributed by atoms with Crippen molar-refractivity contribution >= 4 is 11.6 Å². The Morgan fingerprint density at radius 3 is 2.74 bits per heavy atom. The van der Waals surface area contributed by atoms with Gasteiger partial charge in [-0.3, -0.25) is 0 Å². The molecule has 1 heterocycles. The van der Waals surface area contributed by atoms with E-state index in [9.17, 15) is 0 Å². The summed E-state index contributed by atoms with van der Waals surface area (Å²) in [6.45, 7) is 7.97. The molecule has 0 atom stereocenters. The lowest BCUT2D eigenvalue weighted by Crippen LogP contribution is -2.21. The van der Waals surface area contributed by atoms with Gasteiger partial charge in [0.15, 0.2) is 0 Å². The van der Waals surface area contributed by atoms with Gasteiger partial charge in [-0.25, -0.2) is 9.97 Å². The van der Waals surface area contributed by atoms with Crippen molar-refractivity contribution in [2.45, 2.75) is 33.6 Å². The van der Waals surface area contributed by atoms with Gasteiger partial charge in [0.1, 0.15) is 17.5 Å². The Bertz CT molecular complexity index is 382. The molecule has 0 spiro atoms. The molecule has 1 aromatic heterocycles. The Morgan fingerprint density at radius 2 is 2.11 bits per heavy atom. The molecule has 1 aromatic rings. The lowest BCUT2D eigenvalue weighted by molar-refractivity contribution is 0.311. The molecular formula is C14H26N4O. The van der Waals surface area contributed by atoms with E-state index in [0.717, 1.165) is 36.3 Å². The van der Waals surface area contributed by atoms with Crippen LogP contribution in [0, 0.1) is 12.8 Å². The van der Waals surface area contributed by atoms with E-state index in [-0.39, 0.29) is 6.61 Å². The molecule has 0 aliphatic heterocycles. The molecular weight excluding hydrogens is 240 g/mol. The second kappa shape index (κ2) is 7.94. The van der Waals surface area contributed by atoms with Gasteiger partial charge in [-0.2, -0.15) is 0 Å². The predicted molar refractivity (Wildman–Crippen MR) is 79.7 cm³/mol. The van der Waals surface area contributed by atoms with Crippen molar-refractivity contribution in [3.8, 4) is 0 Å². The summed E-state index contributed by atoms with van der Waals surface area (Å²) in [4.78, 5) is 10.9. The fourth-order valence-electron chi connectivity index (χ4n) is 1.87. The third kappa shape index (κ3) is 5.87. The normalized spacial score (nSPS) is 10.8. The Kier molecular flexibility index (Phi) is 6.56. The van der Waals surface area contributed by atoms with Crippen molar-refractivity contribution in [1.29, 1.82) is 0 Å². The molecule has 0 radical (unpaired) electrons. The Labute approximate surface area is 116 Å². The van der Waals surface area contributed by atoms with Crippen LogP contribution in [0.2, 0.25) is 0 Å². The highest BCUT2D eigenvalue weighted by atomic mass is 16.3. The van der Waals surface area contributed by atoms with E-state index in [4.69, 9.17) is 5.11 Å². The molecule has 0 aliphatic carbocycles. The van der Waals surface area contributed by atoms with Crippen molar-refractivity contribution in [3.63, 3.8) is 0 Å². The maximum absolute atomic E-state index is 8.83. The highest BCUT2D eigenvalue weighted by molar-refractivity contribution is 5.48. The summed E-state index contributed by atoms with van der Waals surface area (Å²) in [5.41, 5.74) is 0. The number of hydrogen-bond acceptors (Lipinski definition) is 5. The van der Waals surface area contributed by atoms with Crippen LogP contribution < -0.4 is 10.2 Å². The summed E-state index contributed by atoms with van der Waals surface area (Å²) in [7, 11) is 2.05. The Balaban J connectivity index is 2.62. The first-order valence-corrected chi connectivity index (χ1v) is 6.94. The second-order valence-corrected chi connectivity index (χ2v) is 5.27. The lowest BCUT2D eigenvalue weighted by atomic mass is 10.1. The zero-order valence-corrected chi connectivity index (χ0v) is 12.5. The van der Waals surface area contributed by atoms with Gasteiger partial charge in [0, 0.05) is 26.2 Å². The summed E-state index contributed by atoms with van der Waals surface area (Å²) < 4.78 is 0. The van der Waals surface area contributed by atoms with E-state index >= 15 is 0 Å². The number of anilines is 2. The van der Waals surface area contributed by atoms with Crippen LogP contribution in [0.25, 0.3) is 0 Å². The number of nitrogens with one attached hydrogen (secondary N) is 1. The zero-order chi connectivity index (χ0) is 14.3. The second-order valence-electron chi connectivity index (χ2n) is 5.27. The number of nitrogens with zero attached hydrogens (tertiary/aromatic N) is 3. The van der Waals surface area contributed by atoms with Crippen molar-refractivity contribution < 1.29 is 5.11 Å². The minimum Gasteiger partial charge on any atom is -0.395 e. The van der Waals surface area contributed by atoms with E-state index in [1.165, 1.54) is 6.42 Å². The zero-order valence-electron chi connectivity index (χ0n) is 12.5. The smallest absolute Gasteiger partial charge is 0.134 e. The van der Waals surface area contributed by atoms with E-state index in [2.05, 4.69) is 41.1 Å². The Morgan fingerprint density at radius 1 is 1.37 bits per heavy atom. The quantitative estimate of drug-likeness (QED) is 0.754. The van der Waals surface area contributed by atoms with Crippen molar-refractivity contribution in [3.05, 3.63) is 11.9 Å². The maximum atomic E-state index is 8.83. The number of hydrogen-bond donors (Lipinski definition) is 2. The third-order valence-electron chi connectivity index (χ3n) is 2.91. The average molecular weight is 266 g/mol. The predicted octanol–water partition coefficient (Wildman–Crippen LogP) is 2.06. The van der Waals surface area contributed by atoms with Crippen molar-refractivity contribution in [2.75, 3.05) is 37.0 Å². The van der Waals surface area contributed by atoms with Gasteiger partial charge in [-0.1, -0.05) is 13.8 Å². The van der Waals surface area contributed by atoms with Gasteiger partial charge in [0.05, 0.1) is 6.61 Å². The maximum Gasteiger partial charge on any atom is 0.134 e. The minimum atomic E-state index is 0.0998. The fraction of sp³-hybridized carbons (Fsp3) is 0.714. The van der Waals surface area contributed by atoms with Crippen LogP contribution in [0.3, 0.4) is 0 Å². The third-order valence-corrected chi connectivity index (χ3v) is 2.91. The van der Waals surface area contributed by atoms with Crippen LogP contribution in [0.15, 0.2) is 6.07 Å². The van der Waals surface area contributed by atoms with Gasteiger partial charge in [-0.15, -0.1) is 0 Å². The number of rotatable bonds is 8. The number of aliphatic hydroxyl groups excluding tert-OH is 1. The molecule has 0 bridgehead atoms. The van der Waals surface area contributed by atoms with E-state index in [1.807, 2.05) is 13.0 Å².